The van der Waals surface area contributed by atoms with Crippen molar-refractivity contribution < 1.29 is 4.74 Å². The maximum atomic E-state index is 7.77. The summed E-state index contributed by atoms with van der Waals surface area (Å²) in [4.78, 5) is 0. The summed E-state index contributed by atoms with van der Waals surface area (Å²) >= 11 is 0. The molecular formula is C12H15NO. The van der Waals surface area contributed by atoms with Crippen molar-refractivity contribution in [1.82, 2.24) is 0 Å². The molecule has 14 heavy (non-hydrogen) atoms. The van der Waals surface area contributed by atoms with E-state index in [1.165, 1.54) is 18.4 Å². The maximum Gasteiger partial charge on any atom is 0.213 e. The zero-order valence-corrected chi connectivity index (χ0v) is 8.42. The molecule has 1 N–H and O–H groups in total. The van der Waals surface area contributed by atoms with Crippen LogP contribution in [-0.4, -0.2) is 12.5 Å². The molecule has 2 heteroatoms. The predicted octanol–water partition coefficient (Wildman–Crippen LogP) is 2.93. The Labute approximate surface area is 84.4 Å². The second kappa shape index (κ2) is 3.82. The number of rotatable bonds is 3. The van der Waals surface area contributed by atoms with Crippen molar-refractivity contribution in [2.24, 2.45) is 0 Å². The van der Waals surface area contributed by atoms with Gasteiger partial charge in [0.25, 0.3) is 0 Å². The summed E-state index contributed by atoms with van der Waals surface area (Å²) in [5, 5.41) is 7.77. The summed E-state index contributed by atoms with van der Waals surface area (Å²) in [7, 11) is 0. The highest BCUT2D eigenvalue weighted by molar-refractivity contribution is 5.93. The van der Waals surface area contributed by atoms with Crippen LogP contribution in [0.25, 0.3) is 0 Å². The van der Waals surface area contributed by atoms with Gasteiger partial charge in [0.1, 0.15) is 0 Å². The molecule has 0 spiro atoms. The van der Waals surface area contributed by atoms with Crippen molar-refractivity contribution in [2.45, 2.75) is 25.7 Å². The minimum atomic E-state index is 0.315. The molecule has 0 aromatic heterocycles. The average molecular weight is 189 g/mol. The third-order valence-corrected chi connectivity index (χ3v) is 2.51. The van der Waals surface area contributed by atoms with E-state index in [2.05, 4.69) is 6.07 Å². The van der Waals surface area contributed by atoms with Crippen molar-refractivity contribution in [3.63, 3.8) is 0 Å². The minimum absolute atomic E-state index is 0.315. The molecule has 0 saturated heterocycles. The number of nitrogens with one attached hydrogen (secondary N) is 1. The quantitative estimate of drug-likeness (QED) is 0.575. The summed E-state index contributed by atoms with van der Waals surface area (Å²) in [6.45, 7) is 2.48. The van der Waals surface area contributed by atoms with Crippen molar-refractivity contribution >= 4 is 5.90 Å². The molecule has 1 aliphatic carbocycles. The number of benzene rings is 1. The van der Waals surface area contributed by atoms with Crippen molar-refractivity contribution in [3.8, 4) is 0 Å². The molecule has 1 aliphatic rings. The van der Waals surface area contributed by atoms with Gasteiger partial charge in [-0.05, 0) is 37.3 Å². The fourth-order valence-electron chi connectivity index (χ4n) is 1.68. The van der Waals surface area contributed by atoms with Gasteiger partial charge in [0, 0.05) is 5.56 Å². The molecule has 0 heterocycles. The number of hydrogen-bond acceptors (Lipinski definition) is 2. The van der Waals surface area contributed by atoms with Gasteiger partial charge in [-0.1, -0.05) is 18.2 Å². The molecule has 0 atom stereocenters. The van der Waals surface area contributed by atoms with Gasteiger partial charge in [-0.15, -0.1) is 0 Å². The molecular weight excluding hydrogens is 174 g/mol. The van der Waals surface area contributed by atoms with Gasteiger partial charge in [0.05, 0.1) is 6.61 Å². The Bertz CT molecular complexity index is 342. The fraction of sp³-hybridized carbons (Fsp3) is 0.417. The topological polar surface area (TPSA) is 33.1 Å². The van der Waals surface area contributed by atoms with Crippen molar-refractivity contribution in [2.75, 3.05) is 6.61 Å². The Morgan fingerprint density at radius 3 is 2.79 bits per heavy atom. The Balaban J connectivity index is 2.26. The van der Waals surface area contributed by atoms with E-state index in [1.54, 1.807) is 0 Å². The highest BCUT2D eigenvalue weighted by Gasteiger charge is 2.26. The normalized spacial score (nSPS) is 15.2. The van der Waals surface area contributed by atoms with E-state index in [0.717, 1.165) is 5.56 Å². The molecule has 1 saturated carbocycles. The maximum absolute atomic E-state index is 7.77. The van der Waals surface area contributed by atoms with Crippen LogP contribution in [0.3, 0.4) is 0 Å². The molecule has 0 radical (unpaired) electrons. The predicted molar refractivity (Wildman–Crippen MR) is 56.9 cm³/mol. The molecule has 1 aromatic carbocycles. The van der Waals surface area contributed by atoms with E-state index >= 15 is 0 Å². The lowest BCUT2D eigenvalue weighted by molar-refractivity contribution is 0.325. The van der Waals surface area contributed by atoms with E-state index in [0.29, 0.717) is 18.4 Å². The lowest BCUT2D eigenvalue weighted by atomic mass is 10.0. The number of ether oxygens (including phenoxy) is 1. The van der Waals surface area contributed by atoms with E-state index in [-0.39, 0.29) is 0 Å². The van der Waals surface area contributed by atoms with Gasteiger partial charge in [0.15, 0.2) is 0 Å². The molecule has 0 unspecified atom stereocenters. The Morgan fingerprint density at radius 1 is 1.43 bits per heavy atom. The number of hydrogen-bond donors (Lipinski definition) is 1. The second-order valence-electron chi connectivity index (χ2n) is 3.62. The van der Waals surface area contributed by atoms with E-state index in [9.17, 15) is 0 Å². The smallest absolute Gasteiger partial charge is 0.213 e. The van der Waals surface area contributed by atoms with Crippen LogP contribution in [0.15, 0.2) is 24.3 Å². The Hall–Kier alpha value is -1.31. The van der Waals surface area contributed by atoms with E-state index in [1.807, 2.05) is 25.1 Å². The first-order valence-corrected chi connectivity index (χ1v) is 5.13. The van der Waals surface area contributed by atoms with Crippen molar-refractivity contribution in [3.05, 3.63) is 35.4 Å². The summed E-state index contributed by atoms with van der Waals surface area (Å²) in [6, 6.07) is 8.09. The van der Waals surface area contributed by atoms with Gasteiger partial charge in [-0.3, -0.25) is 5.41 Å². The molecule has 1 fully saturated rings. The Kier molecular flexibility index (Phi) is 2.53. The molecule has 0 amide bonds. The minimum Gasteiger partial charge on any atom is -0.478 e. The monoisotopic (exact) mass is 189 g/mol. The van der Waals surface area contributed by atoms with Crippen LogP contribution in [0.4, 0.5) is 0 Å². The molecule has 0 aliphatic heterocycles. The Morgan fingerprint density at radius 2 is 2.14 bits per heavy atom. The van der Waals surface area contributed by atoms with Gasteiger partial charge < -0.3 is 4.74 Å². The lowest BCUT2D eigenvalue weighted by Gasteiger charge is -2.09. The van der Waals surface area contributed by atoms with Gasteiger partial charge in [-0.2, -0.15) is 0 Å². The molecule has 2 rings (SSSR count). The molecule has 74 valence electrons. The first kappa shape index (κ1) is 9.25. The molecule has 0 bridgehead atoms. The summed E-state index contributed by atoms with van der Waals surface area (Å²) in [6.07, 6.45) is 2.52. The van der Waals surface area contributed by atoms with E-state index in [4.69, 9.17) is 10.1 Å². The van der Waals surface area contributed by atoms with Gasteiger partial charge in [0.2, 0.25) is 5.90 Å². The first-order chi connectivity index (χ1) is 6.83. The van der Waals surface area contributed by atoms with Crippen LogP contribution in [0.1, 0.15) is 36.8 Å². The van der Waals surface area contributed by atoms with Crippen LogP contribution in [0.2, 0.25) is 0 Å². The highest BCUT2D eigenvalue weighted by Crippen LogP contribution is 2.41. The average Bonchev–Trinajstić information content (AvgIpc) is 3.01. The van der Waals surface area contributed by atoms with Crippen molar-refractivity contribution in [1.29, 1.82) is 5.41 Å². The zero-order chi connectivity index (χ0) is 9.97. The molecule has 2 nitrogen and oxygen atoms in total. The van der Waals surface area contributed by atoms with Crippen LogP contribution in [0.5, 0.6) is 0 Å². The SMILES string of the molecule is CCOC(=N)c1ccccc1C1CC1. The van der Waals surface area contributed by atoms with Crippen LogP contribution < -0.4 is 0 Å². The third-order valence-electron chi connectivity index (χ3n) is 2.51. The summed E-state index contributed by atoms with van der Waals surface area (Å²) in [5.74, 6) is 0.988. The fourth-order valence-corrected chi connectivity index (χ4v) is 1.68. The second-order valence-corrected chi connectivity index (χ2v) is 3.62. The van der Waals surface area contributed by atoms with Crippen LogP contribution in [-0.2, 0) is 4.74 Å². The highest BCUT2D eigenvalue weighted by atomic mass is 16.5. The first-order valence-electron chi connectivity index (χ1n) is 5.13. The summed E-state index contributed by atoms with van der Waals surface area (Å²) < 4.78 is 5.23. The van der Waals surface area contributed by atoms with Gasteiger partial charge in [-0.25, -0.2) is 0 Å². The van der Waals surface area contributed by atoms with E-state index < -0.39 is 0 Å². The standard InChI is InChI=1S/C12H15NO/c1-2-14-12(13)11-6-4-3-5-10(11)9-7-8-9/h3-6,9,13H,2,7-8H2,1H3. The third kappa shape index (κ3) is 1.79. The van der Waals surface area contributed by atoms with Crippen LogP contribution >= 0.6 is 0 Å². The van der Waals surface area contributed by atoms with Crippen LogP contribution in [0, 0.1) is 5.41 Å². The largest absolute Gasteiger partial charge is 0.478 e. The lowest BCUT2D eigenvalue weighted by Crippen LogP contribution is -2.07. The van der Waals surface area contributed by atoms with Gasteiger partial charge >= 0.3 is 0 Å². The zero-order valence-electron chi connectivity index (χ0n) is 8.42. The molecule has 1 aromatic rings. The summed E-state index contributed by atoms with van der Waals surface area (Å²) in [5.41, 5.74) is 2.25.